The number of oxazole rings is 1. The number of hydrogen-bond donors (Lipinski definition) is 2. The molecule has 0 spiro atoms. The first-order valence-electron chi connectivity index (χ1n) is 7.33. The molecule has 0 saturated carbocycles. The monoisotopic (exact) mass is 305 g/mol. The van der Waals surface area contributed by atoms with Crippen LogP contribution in [0.2, 0.25) is 0 Å². The Morgan fingerprint density at radius 1 is 1.41 bits per heavy atom. The minimum atomic E-state index is -0.461. The highest BCUT2D eigenvalue weighted by atomic mass is 19.1. The molecule has 0 saturated heterocycles. The van der Waals surface area contributed by atoms with Gasteiger partial charge in [0.25, 0.3) is 0 Å². The van der Waals surface area contributed by atoms with E-state index in [2.05, 4.69) is 10.3 Å². The van der Waals surface area contributed by atoms with Crippen LogP contribution in [0.5, 0.6) is 0 Å². The molecule has 2 rings (SSSR count). The van der Waals surface area contributed by atoms with Crippen LogP contribution < -0.4 is 11.1 Å². The van der Waals surface area contributed by atoms with E-state index in [1.165, 1.54) is 18.4 Å². The highest BCUT2D eigenvalue weighted by Gasteiger charge is 2.12. The van der Waals surface area contributed by atoms with E-state index in [0.717, 1.165) is 12.1 Å². The Morgan fingerprint density at radius 2 is 2.14 bits per heavy atom. The molecule has 1 atom stereocenters. The quantitative estimate of drug-likeness (QED) is 0.822. The van der Waals surface area contributed by atoms with Gasteiger partial charge in [0.15, 0.2) is 0 Å². The number of nitrogens with two attached hydrogens (primary N) is 1. The number of carbonyl (C=O) groups is 1. The van der Waals surface area contributed by atoms with E-state index in [0.29, 0.717) is 30.8 Å². The molecule has 6 heteroatoms. The fourth-order valence-corrected chi connectivity index (χ4v) is 2.03. The first kappa shape index (κ1) is 16.2. The van der Waals surface area contributed by atoms with Gasteiger partial charge in [-0.15, -0.1) is 0 Å². The molecular formula is C16H20FN3O2. The third-order valence-corrected chi connectivity index (χ3v) is 3.26. The molecule has 0 aliphatic carbocycles. The zero-order chi connectivity index (χ0) is 15.9. The molecule has 0 fully saturated rings. The lowest BCUT2D eigenvalue weighted by atomic mass is 10.1. The number of carbonyl (C=O) groups excluding carboxylic acids is 1. The second kappa shape index (κ2) is 7.70. The number of nitrogens with one attached hydrogen (secondary N) is 1. The lowest BCUT2D eigenvalue weighted by Gasteiger charge is -2.10. The van der Waals surface area contributed by atoms with Gasteiger partial charge in [-0.25, -0.2) is 9.37 Å². The van der Waals surface area contributed by atoms with Crippen molar-refractivity contribution in [2.24, 2.45) is 5.73 Å². The van der Waals surface area contributed by atoms with Gasteiger partial charge < -0.3 is 15.5 Å². The van der Waals surface area contributed by atoms with Crippen LogP contribution in [0.3, 0.4) is 0 Å². The van der Waals surface area contributed by atoms with Gasteiger partial charge >= 0.3 is 0 Å². The molecule has 1 amide bonds. The summed E-state index contributed by atoms with van der Waals surface area (Å²) in [5, 5.41) is 2.78. The average Bonchev–Trinajstić information content (AvgIpc) is 2.97. The van der Waals surface area contributed by atoms with Crippen molar-refractivity contribution >= 4 is 5.91 Å². The average molecular weight is 305 g/mol. The SMILES string of the molecule is CCCC(N)C(=O)NCCc1coc(-c2ccc(F)cc2)n1. The van der Waals surface area contributed by atoms with Gasteiger partial charge in [0.2, 0.25) is 11.8 Å². The zero-order valence-electron chi connectivity index (χ0n) is 12.5. The van der Waals surface area contributed by atoms with Gasteiger partial charge in [-0.1, -0.05) is 13.3 Å². The van der Waals surface area contributed by atoms with Crippen molar-refractivity contribution in [3.63, 3.8) is 0 Å². The third-order valence-electron chi connectivity index (χ3n) is 3.26. The van der Waals surface area contributed by atoms with Gasteiger partial charge in [-0.2, -0.15) is 0 Å². The van der Waals surface area contributed by atoms with Crippen molar-refractivity contribution < 1.29 is 13.6 Å². The Morgan fingerprint density at radius 3 is 2.82 bits per heavy atom. The summed E-state index contributed by atoms with van der Waals surface area (Å²) < 4.78 is 18.2. The summed E-state index contributed by atoms with van der Waals surface area (Å²) in [5.41, 5.74) is 7.16. The molecular weight excluding hydrogens is 285 g/mol. The molecule has 118 valence electrons. The number of benzene rings is 1. The fraction of sp³-hybridized carbons (Fsp3) is 0.375. The molecule has 1 aromatic carbocycles. The Hall–Kier alpha value is -2.21. The first-order chi connectivity index (χ1) is 10.6. The van der Waals surface area contributed by atoms with E-state index < -0.39 is 6.04 Å². The maximum atomic E-state index is 12.9. The van der Waals surface area contributed by atoms with Crippen molar-refractivity contribution in [2.75, 3.05) is 6.54 Å². The molecule has 0 radical (unpaired) electrons. The van der Waals surface area contributed by atoms with E-state index in [1.807, 2.05) is 6.92 Å². The number of amides is 1. The van der Waals surface area contributed by atoms with E-state index in [9.17, 15) is 9.18 Å². The number of aromatic nitrogens is 1. The van der Waals surface area contributed by atoms with Crippen molar-refractivity contribution in [1.82, 2.24) is 10.3 Å². The number of hydrogen-bond acceptors (Lipinski definition) is 4. The van der Waals surface area contributed by atoms with Crippen molar-refractivity contribution in [3.8, 4) is 11.5 Å². The van der Waals surface area contributed by atoms with Gasteiger partial charge in [0.1, 0.15) is 12.1 Å². The van der Waals surface area contributed by atoms with Crippen LogP contribution in [0, 0.1) is 5.82 Å². The second-order valence-electron chi connectivity index (χ2n) is 5.09. The van der Waals surface area contributed by atoms with Crippen LogP contribution in [-0.4, -0.2) is 23.5 Å². The highest BCUT2D eigenvalue weighted by Crippen LogP contribution is 2.18. The molecule has 2 aromatic rings. The standard InChI is InChI=1S/C16H20FN3O2/c1-2-3-14(18)15(21)19-9-8-13-10-22-16(20-13)11-4-6-12(17)7-5-11/h4-7,10,14H,2-3,8-9,18H2,1H3,(H,19,21). The van der Waals surface area contributed by atoms with Gasteiger partial charge in [0.05, 0.1) is 11.7 Å². The smallest absolute Gasteiger partial charge is 0.236 e. The van der Waals surface area contributed by atoms with Gasteiger partial charge in [-0.3, -0.25) is 4.79 Å². The molecule has 5 nitrogen and oxygen atoms in total. The summed E-state index contributed by atoms with van der Waals surface area (Å²) in [5.74, 6) is -0.0187. The van der Waals surface area contributed by atoms with E-state index in [-0.39, 0.29) is 11.7 Å². The van der Waals surface area contributed by atoms with Crippen LogP contribution in [0.15, 0.2) is 34.9 Å². The van der Waals surface area contributed by atoms with Gasteiger partial charge in [0, 0.05) is 18.5 Å². The molecule has 1 heterocycles. The Kier molecular flexibility index (Phi) is 5.66. The molecule has 0 aliphatic rings. The Bertz CT molecular complexity index is 610. The maximum absolute atomic E-state index is 12.9. The predicted molar refractivity (Wildman–Crippen MR) is 81.5 cm³/mol. The maximum Gasteiger partial charge on any atom is 0.236 e. The second-order valence-corrected chi connectivity index (χ2v) is 5.09. The molecule has 22 heavy (non-hydrogen) atoms. The molecule has 1 aromatic heterocycles. The summed E-state index contributed by atoms with van der Waals surface area (Å²) in [7, 11) is 0. The van der Waals surface area contributed by atoms with E-state index >= 15 is 0 Å². The number of rotatable bonds is 7. The lowest BCUT2D eigenvalue weighted by Crippen LogP contribution is -2.41. The van der Waals surface area contributed by atoms with Crippen LogP contribution in [-0.2, 0) is 11.2 Å². The minimum absolute atomic E-state index is 0.149. The molecule has 3 N–H and O–H groups in total. The van der Waals surface area contributed by atoms with Crippen molar-refractivity contribution in [2.45, 2.75) is 32.2 Å². The first-order valence-corrected chi connectivity index (χ1v) is 7.33. The summed E-state index contributed by atoms with van der Waals surface area (Å²) >= 11 is 0. The molecule has 1 unspecified atom stereocenters. The third kappa shape index (κ3) is 4.39. The zero-order valence-corrected chi connectivity index (χ0v) is 12.5. The normalized spacial score (nSPS) is 12.1. The summed E-state index contributed by atoms with van der Waals surface area (Å²) in [6.45, 7) is 2.44. The number of halogens is 1. The summed E-state index contributed by atoms with van der Waals surface area (Å²) in [4.78, 5) is 16.0. The predicted octanol–water partition coefficient (Wildman–Crippen LogP) is 2.27. The van der Waals surface area contributed by atoms with Crippen molar-refractivity contribution in [3.05, 3.63) is 42.0 Å². The Balaban J connectivity index is 1.85. The Labute approximate surface area is 128 Å². The summed E-state index contributed by atoms with van der Waals surface area (Å²) in [6.07, 6.45) is 3.63. The largest absolute Gasteiger partial charge is 0.444 e. The molecule has 0 aliphatic heterocycles. The van der Waals surface area contributed by atoms with E-state index in [1.54, 1.807) is 12.1 Å². The van der Waals surface area contributed by atoms with Crippen LogP contribution in [0.1, 0.15) is 25.5 Å². The molecule has 0 bridgehead atoms. The van der Waals surface area contributed by atoms with E-state index in [4.69, 9.17) is 10.2 Å². The minimum Gasteiger partial charge on any atom is -0.444 e. The lowest BCUT2D eigenvalue weighted by molar-refractivity contribution is -0.122. The van der Waals surface area contributed by atoms with Crippen molar-refractivity contribution in [1.29, 1.82) is 0 Å². The fourth-order valence-electron chi connectivity index (χ4n) is 2.03. The van der Waals surface area contributed by atoms with Gasteiger partial charge in [-0.05, 0) is 30.7 Å². The highest BCUT2D eigenvalue weighted by molar-refractivity contribution is 5.81. The van der Waals surface area contributed by atoms with Crippen LogP contribution >= 0.6 is 0 Å². The van der Waals surface area contributed by atoms with Crippen LogP contribution in [0.25, 0.3) is 11.5 Å². The number of nitrogens with zero attached hydrogens (tertiary/aromatic N) is 1. The van der Waals surface area contributed by atoms with Crippen LogP contribution in [0.4, 0.5) is 4.39 Å². The topological polar surface area (TPSA) is 81.2 Å². The summed E-state index contributed by atoms with van der Waals surface area (Å²) in [6, 6.07) is 5.47.